The molecule has 0 unspecified atom stereocenters. The maximum absolute atomic E-state index is 11.6. The van der Waals surface area contributed by atoms with Crippen LogP contribution in [0.15, 0.2) is 43.0 Å². The smallest absolute Gasteiger partial charge is 0.408 e. The van der Waals surface area contributed by atoms with Gasteiger partial charge in [-0.25, -0.2) is 4.79 Å². The molecule has 98 valence electrons. The third-order valence-electron chi connectivity index (χ3n) is 2.29. The molecule has 1 atom stereocenters. The molecule has 1 amide bonds. The Hall–Kier alpha value is -1.77. The number of nitrogens with one attached hydrogen (secondary N) is 1. The molecule has 0 bridgehead atoms. The lowest BCUT2D eigenvalue weighted by Gasteiger charge is -2.22. The summed E-state index contributed by atoms with van der Waals surface area (Å²) in [5.41, 5.74) is 0.668. The SMILES string of the molecule is C=C[C@H](Cc1ccccc1)NC(=O)OC(C)(C)C. The maximum Gasteiger partial charge on any atom is 0.408 e. The second-order valence-corrected chi connectivity index (χ2v) is 5.18. The molecule has 3 nitrogen and oxygen atoms in total. The summed E-state index contributed by atoms with van der Waals surface area (Å²) in [6, 6.07) is 9.84. The molecule has 0 radical (unpaired) electrons. The Balaban J connectivity index is 2.53. The third kappa shape index (κ3) is 5.53. The van der Waals surface area contributed by atoms with Crippen LogP contribution in [0.5, 0.6) is 0 Å². The number of amides is 1. The Morgan fingerprint density at radius 1 is 1.39 bits per heavy atom. The van der Waals surface area contributed by atoms with Crippen LogP contribution in [0.2, 0.25) is 0 Å². The number of alkyl carbamates (subject to hydrolysis) is 1. The first kappa shape index (κ1) is 14.3. The minimum atomic E-state index is -0.484. The molecule has 0 spiro atoms. The lowest BCUT2D eigenvalue weighted by Crippen LogP contribution is -2.39. The van der Waals surface area contributed by atoms with Gasteiger partial charge in [0.05, 0.1) is 6.04 Å². The Kier molecular flexibility index (Phi) is 4.95. The molecule has 0 aliphatic rings. The molecular formula is C15H21NO2. The van der Waals surface area contributed by atoms with Gasteiger partial charge in [-0.05, 0) is 32.8 Å². The zero-order valence-corrected chi connectivity index (χ0v) is 11.3. The molecule has 0 aromatic heterocycles. The van der Waals surface area contributed by atoms with Crippen LogP contribution in [-0.4, -0.2) is 17.7 Å². The van der Waals surface area contributed by atoms with Gasteiger partial charge >= 0.3 is 6.09 Å². The first-order valence-corrected chi connectivity index (χ1v) is 6.07. The van der Waals surface area contributed by atoms with Gasteiger partial charge in [-0.15, -0.1) is 6.58 Å². The Bertz CT molecular complexity index is 393. The van der Waals surface area contributed by atoms with Crippen LogP contribution in [-0.2, 0) is 11.2 Å². The van der Waals surface area contributed by atoms with Gasteiger partial charge in [-0.3, -0.25) is 0 Å². The maximum atomic E-state index is 11.6. The fourth-order valence-corrected chi connectivity index (χ4v) is 1.52. The Morgan fingerprint density at radius 2 is 2.00 bits per heavy atom. The van der Waals surface area contributed by atoms with Crippen molar-refractivity contribution in [2.24, 2.45) is 0 Å². The van der Waals surface area contributed by atoms with Crippen LogP contribution in [0.4, 0.5) is 4.79 Å². The number of hydrogen-bond donors (Lipinski definition) is 1. The van der Waals surface area contributed by atoms with E-state index in [1.54, 1.807) is 6.08 Å². The Labute approximate surface area is 109 Å². The lowest BCUT2D eigenvalue weighted by molar-refractivity contribution is 0.0514. The number of carbonyl (C=O) groups is 1. The number of benzene rings is 1. The van der Waals surface area contributed by atoms with Gasteiger partial charge in [-0.1, -0.05) is 36.4 Å². The fourth-order valence-electron chi connectivity index (χ4n) is 1.52. The summed E-state index contributed by atoms with van der Waals surface area (Å²) >= 11 is 0. The van der Waals surface area contributed by atoms with E-state index >= 15 is 0 Å². The fraction of sp³-hybridized carbons (Fsp3) is 0.400. The van der Waals surface area contributed by atoms with E-state index in [4.69, 9.17) is 4.74 Å². The molecule has 0 heterocycles. The van der Waals surface area contributed by atoms with E-state index in [1.807, 2.05) is 51.1 Å². The van der Waals surface area contributed by atoms with E-state index in [9.17, 15) is 4.79 Å². The molecule has 0 aliphatic heterocycles. The van der Waals surface area contributed by atoms with E-state index in [0.717, 1.165) is 5.56 Å². The van der Waals surface area contributed by atoms with Crippen LogP contribution < -0.4 is 5.32 Å². The van der Waals surface area contributed by atoms with E-state index < -0.39 is 11.7 Å². The van der Waals surface area contributed by atoms with Gasteiger partial charge in [0, 0.05) is 0 Å². The van der Waals surface area contributed by atoms with Crippen molar-refractivity contribution < 1.29 is 9.53 Å². The highest BCUT2D eigenvalue weighted by Gasteiger charge is 2.18. The summed E-state index contributed by atoms with van der Waals surface area (Å²) in [6.45, 7) is 9.26. The van der Waals surface area contributed by atoms with Crippen molar-refractivity contribution in [2.75, 3.05) is 0 Å². The van der Waals surface area contributed by atoms with Crippen molar-refractivity contribution >= 4 is 6.09 Å². The zero-order chi connectivity index (χ0) is 13.6. The van der Waals surface area contributed by atoms with Crippen molar-refractivity contribution in [3.63, 3.8) is 0 Å². The van der Waals surface area contributed by atoms with Crippen LogP contribution in [0.25, 0.3) is 0 Å². The summed E-state index contributed by atoms with van der Waals surface area (Å²) in [5.74, 6) is 0. The van der Waals surface area contributed by atoms with Gasteiger partial charge in [0.25, 0.3) is 0 Å². The number of ether oxygens (including phenoxy) is 1. The predicted molar refractivity (Wildman–Crippen MR) is 73.5 cm³/mol. The molecule has 3 heteroatoms. The summed E-state index contributed by atoms with van der Waals surface area (Å²) in [4.78, 5) is 11.6. The van der Waals surface area contributed by atoms with Crippen molar-refractivity contribution in [2.45, 2.75) is 38.8 Å². The average molecular weight is 247 g/mol. The first-order valence-electron chi connectivity index (χ1n) is 6.07. The molecule has 0 aliphatic carbocycles. The number of hydrogen-bond acceptors (Lipinski definition) is 2. The molecule has 18 heavy (non-hydrogen) atoms. The molecule has 0 saturated heterocycles. The highest BCUT2D eigenvalue weighted by Crippen LogP contribution is 2.08. The van der Waals surface area contributed by atoms with Gasteiger partial charge in [0.2, 0.25) is 0 Å². The average Bonchev–Trinajstić information content (AvgIpc) is 2.27. The van der Waals surface area contributed by atoms with E-state index in [2.05, 4.69) is 11.9 Å². The van der Waals surface area contributed by atoms with Crippen molar-refractivity contribution in [3.8, 4) is 0 Å². The second kappa shape index (κ2) is 6.24. The molecule has 1 N–H and O–H groups in total. The Morgan fingerprint density at radius 3 is 2.50 bits per heavy atom. The van der Waals surface area contributed by atoms with E-state index in [1.165, 1.54) is 0 Å². The third-order valence-corrected chi connectivity index (χ3v) is 2.29. The lowest BCUT2D eigenvalue weighted by atomic mass is 10.1. The number of rotatable bonds is 4. The minimum absolute atomic E-state index is 0.123. The summed E-state index contributed by atoms with van der Waals surface area (Å²) in [5, 5.41) is 2.79. The largest absolute Gasteiger partial charge is 0.444 e. The van der Waals surface area contributed by atoms with Gasteiger partial charge in [0.15, 0.2) is 0 Å². The van der Waals surface area contributed by atoms with Crippen LogP contribution in [0.1, 0.15) is 26.3 Å². The predicted octanol–water partition coefficient (Wildman–Crippen LogP) is 3.31. The van der Waals surface area contributed by atoms with E-state index in [0.29, 0.717) is 6.42 Å². The monoisotopic (exact) mass is 247 g/mol. The molecule has 1 aromatic rings. The molecule has 0 fully saturated rings. The van der Waals surface area contributed by atoms with Crippen LogP contribution in [0.3, 0.4) is 0 Å². The van der Waals surface area contributed by atoms with Crippen LogP contribution >= 0.6 is 0 Å². The van der Waals surface area contributed by atoms with Gasteiger partial charge in [-0.2, -0.15) is 0 Å². The quantitative estimate of drug-likeness (QED) is 0.829. The molecule has 1 aromatic carbocycles. The highest BCUT2D eigenvalue weighted by atomic mass is 16.6. The first-order chi connectivity index (χ1) is 8.40. The van der Waals surface area contributed by atoms with Crippen LogP contribution in [0, 0.1) is 0 Å². The van der Waals surface area contributed by atoms with E-state index in [-0.39, 0.29) is 6.04 Å². The van der Waals surface area contributed by atoms with Crippen molar-refractivity contribution in [1.29, 1.82) is 0 Å². The second-order valence-electron chi connectivity index (χ2n) is 5.18. The standard InChI is InChI=1S/C15H21NO2/c1-5-13(11-12-9-7-6-8-10-12)16-14(17)18-15(2,3)4/h5-10,13H,1,11H2,2-4H3,(H,16,17)/t13-/m1/s1. The molecular weight excluding hydrogens is 226 g/mol. The summed E-state index contributed by atoms with van der Waals surface area (Å²) in [7, 11) is 0. The minimum Gasteiger partial charge on any atom is -0.444 e. The van der Waals surface area contributed by atoms with Crippen molar-refractivity contribution in [1.82, 2.24) is 5.32 Å². The van der Waals surface area contributed by atoms with Gasteiger partial charge < -0.3 is 10.1 Å². The molecule has 1 rings (SSSR count). The summed E-state index contributed by atoms with van der Waals surface area (Å²) < 4.78 is 5.21. The normalized spacial score (nSPS) is 12.6. The number of carbonyl (C=O) groups excluding carboxylic acids is 1. The van der Waals surface area contributed by atoms with Gasteiger partial charge in [0.1, 0.15) is 5.60 Å². The highest BCUT2D eigenvalue weighted by molar-refractivity contribution is 5.68. The van der Waals surface area contributed by atoms with Crippen molar-refractivity contribution in [3.05, 3.63) is 48.6 Å². The topological polar surface area (TPSA) is 38.3 Å². The zero-order valence-electron chi connectivity index (χ0n) is 11.3. The summed E-state index contributed by atoms with van der Waals surface area (Å²) in [6.07, 6.45) is 2.02. The molecule has 0 saturated carbocycles.